The minimum atomic E-state index is -1.62. The summed E-state index contributed by atoms with van der Waals surface area (Å²) in [7, 11) is 0. The van der Waals surface area contributed by atoms with Crippen molar-refractivity contribution in [2.75, 3.05) is 0 Å². The van der Waals surface area contributed by atoms with Gasteiger partial charge >= 0.3 is 5.97 Å². The molecule has 0 aliphatic carbocycles. The highest BCUT2D eigenvalue weighted by molar-refractivity contribution is 5.74. The third kappa shape index (κ3) is 2.58. The summed E-state index contributed by atoms with van der Waals surface area (Å²) in [6, 6.07) is 2.69. The Hall–Kier alpha value is -1.99. The van der Waals surface area contributed by atoms with Crippen molar-refractivity contribution in [2.24, 2.45) is 5.73 Å². The molecule has 2 atom stereocenters. The predicted octanol–water partition coefficient (Wildman–Crippen LogP) is 0.349. The molecule has 0 saturated heterocycles. The molecule has 0 heterocycles. The van der Waals surface area contributed by atoms with Gasteiger partial charge in [-0.15, -0.1) is 0 Å². The number of para-hydroxylation sites is 1. The first-order valence-corrected chi connectivity index (χ1v) is 4.76. The van der Waals surface area contributed by atoms with Crippen molar-refractivity contribution < 1.29 is 19.9 Å². The number of nitrogens with zero attached hydrogens (tertiary/aromatic N) is 1. The van der Waals surface area contributed by atoms with Crippen LogP contribution in [0, 0.1) is 17.0 Å². The van der Waals surface area contributed by atoms with Crippen LogP contribution in [0.2, 0.25) is 0 Å². The van der Waals surface area contributed by atoms with Crippen LogP contribution in [0.25, 0.3) is 0 Å². The Kier molecular flexibility index (Phi) is 3.77. The molecule has 7 nitrogen and oxygen atoms in total. The fourth-order valence-electron chi connectivity index (χ4n) is 1.50. The van der Waals surface area contributed by atoms with E-state index in [0.29, 0.717) is 5.56 Å². The predicted molar refractivity (Wildman–Crippen MR) is 58.4 cm³/mol. The molecule has 92 valence electrons. The number of nitrogens with two attached hydrogens (primary N) is 1. The summed E-state index contributed by atoms with van der Waals surface area (Å²) in [6.45, 7) is 1.50. The molecule has 0 fully saturated rings. The van der Waals surface area contributed by atoms with Gasteiger partial charge in [0.25, 0.3) is 5.69 Å². The first-order valence-electron chi connectivity index (χ1n) is 4.76. The van der Waals surface area contributed by atoms with Crippen LogP contribution < -0.4 is 5.73 Å². The molecule has 0 aliphatic rings. The third-order valence-electron chi connectivity index (χ3n) is 2.40. The van der Waals surface area contributed by atoms with Crippen molar-refractivity contribution in [1.82, 2.24) is 0 Å². The Morgan fingerprint density at radius 3 is 2.59 bits per heavy atom. The smallest absolute Gasteiger partial charge is 0.323 e. The summed E-state index contributed by atoms with van der Waals surface area (Å²) in [6.07, 6.45) is -1.62. The Morgan fingerprint density at radius 1 is 1.53 bits per heavy atom. The number of aryl methyl sites for hydroxylation is 1. The average molecular weight is 240 g/mol. The zero-order chi connectivity index (χ0) is 13.2. The Balaban J connectivity index is 3.26. The molecule has 0 saturated carbocycles. The maximum atomic E-state index is 10.8. The van der Waals surface area contributed by atoms with Crippen LogP contribution in [0.15, 0.2) is 18.2 Å². The van der Waals surface area contributed by atoms with E-state index in [-0.39, 0.29) is 11.3 Å². The Morgan fingerprint density at radius 2 is 2.12 bits per heavy atom. The van der Waals surface area contributed by atoms with Gasteiger partial charge in [0.1, 0.15) is 12.1 Å². The van der Waals surface area contributed by atoms with Crippen molar-refractivity contribution >= 4 is 11.7 Å². The fraction of sp³-hybridized carbons (Fsp3) is 0.300. The molecule has 0 bridgehead atoms. The van der Waals surface area contributed by atoms with Gasteiger partial charge in [-0.3, -0.25) is 14.9 Å². The molecule has 7 heteroatoms. The summed E-state index contributed by atoms with van der Waals surface area (Å²) in [4.78, 5) is 20.8. The number of nitro groups is 1. The van der Waals surface area contributed by atoms with Crippen LogP contribution in [-0.4, -0.2) is 27.1 Å². The van der Waals surface area contributed by atoms with Crippen molar-refractivity contribution in [2.45, 2.75) is 19.1 Å². The lowest BCUT2D eigenvalue weighted by atomic mass is 9.98. The number of benzene rings is 1. The van der Waals surface area contributed by atoms with Gasteiger partial charge in [-0.25, -0.2) is 0 Å². The van der Waals surface area contributed by atoms with E-state index in [4.69, 9.17) is 10.8 Å². The number of carboxylic acid groups (broad SMARTS) is 1. The molecule has 17 heavy (non-hydrogen) atoms. The lowest BCUT2D eigenvalue weighted by molar-refractivity contribution is -0.386. The van der Waals surface area contributed by atoms with E-state index < -0.39 is 23.0 Å². The first kappa shape index (κ1) is 13.1. The molecule has 0 radical (unpaired) electrons. The van der Waals surface area contributed by atoms with Crippen LogP contribution >= 0.6 is 0 Å². The highest BCUT2D eigenvalue weighted by Crippen LogP contribution is 2.29. The fourth-order valence-corrected chi connectivity index (χ4v) is 1.50. The number of hydrogen-bond acceptors (Lipinski definition) is 5. The van der Waals surface area contributed by atoms with Gasteiger partial charge in [0.15, 0.2) is 0 Å². The van der Waals surface area contributed by atoms with E-state index in [1.54, 1.807) is 0 Å². The molecule has 1 rings (SSSR count). The summed E-state index contributed by atoms with van der Waals surface area (Å²) in [5.74, 6) is -1.42. The van der Waals surface area contributed by atoms with Gasteiger partial charge in [-0.05, 0) is 13.0 Å². The van der Waals surface area contributed by atoms with Gasteiger partial charge in [-0.1, -0.05) is 12.1 Å². The second-order valence-corrected chi connectivity index (χ2v) is 3.58. The molecular weight excluding hydrogens is 228 g/mol. The number of nitro benzene ring substituents is 1. The van der Waals surface area contributed by atoms with Crippen LogP contribution in [0.4, 0.5) is 5.69 Å². The summed E-state index contributed by atoms with van der Waals surface area (Å²) in [5, 5.41) is 29.2. The molecule has 0 aromatic heterocycles. The Bertz CT molecular complexity index is 460. The van der Waals surface area contributed by atoms with Crippen molar-refractivity contribution in [3.8, 4) is 0 Å². The highest BCUT2D eigenvalue weighted by atomic mass is 16.6. The molecule has 0 aliphatic heterocycles. The standard InChI is InChI=1S/C10H12N2O5/c1-5-3-2-4-6(8(5)12(16)17)9(13)7(11)10(14)15/h2-4,7,9,13H,11H2,1H3,(H,14,15). The van der Waals surface area contributed by atoms with Crippen LogP contribution in [0.3, 0.4) is 0 Å². The molecule has 1 aromatic rings. The molecular formula is C10H12N2O5. The minimum absolute atomic E-state index is 0.0927. The van der Waals surface area contributed by atoms with Crippen LogP contribution in [-0.2, 0) is 4.79 Å². The van der Waals surface area contributed by atoms with Gasteiger partial charge in [0.2, 0.25) is 0 Å². The maximum Gasteiger partial charge on any atom is 0.323 e. The van der Waals surface area contributed by atoms with Gasteiger partial charge in [0, 0.05) is 5.56 Å². The van der Waals surface area contributed by atoms with Crippen molar-refractivity contribution in [1.29, 1.82) is 0 Å². The van der Waals surface area contributed by atoms with Crippen molar-refractivity contribution in [3.05, 3.63) is 39.4 Å². The van der Waals surface area contributed by atoms with Gasteiger partial charge < -0.3 is 15.9 Å². The van der Waals surface area contributed by atoms with Gasteiger partial charge in [0.05, 0.1) is 10.5 Å². The lowest BCUT2D eigenvalue weighted by Gasteiger charge is -2.15. The zero-order valence-electron chi connectivity index (χ0n) is 9.03. The first-order chi connectivity index (χ1) is 7.86. The maximum absolute atomic E-state index is 10.8. The second kappa shape index (κ2) is 4.89. The normalized spacial score (nSPS) is 14.1. The number of aliphatic carboxylic acids is 1. The number of aliphatic hydroxyl groups is 1. The number of carboxylic acids is 1. The molecule has 2 unspecified atom stereocenters. The van der Waals surface area contributed by atoms with E-state index >= 15 is 0 Å². The zero-order valence-corrected chi connectivity index (χ0v) is 9.03. The van der Waals surface area contributed by atoms with E-state index in [2.05, 4.69) is 0 Å². The van der Waals surface area contributed by atoms with Crippen molar-refractivity contribution in [3.63, 3.8) is 0 Å². The number of carbonyl (C=O) groups is 1. The topological polar surface area (TPSA) is 127 Å². The third-order valence-corrected chi connectivity index (χ3v) is 2.40. The number of hydrogen-bond donors (Lipinski definition) is 3. The monoisotopic (exact) mass is 240 g/mol. The Labute approximate surface area is 96.6 Å². The van der Waals surface area contributed by atoms with Crippen LogP contribution in [0.1, 0.15) is 17.2 Å². The lowest BCUT2D eigenvalue weighted by Crippen LogP contribution is -2.36. The number of rotatable bonds is 4. The molecule has 0 spiro atoms. The van der Waals surface area contributed by atoms with E-state index in [1.165, 1.54) is 25.1 Å². The summed E-state index contributed by atoms with van der Waals surface area (Å²) >= 11 is 0. The average Bonchev–Trinajstić information content (AvgIpc) is 2.25. The van der Waals surface area contributed by atoms with E-state index in [1.807, 2.05) is 0 Å². The van der Waals surface area contributed by atoms with Gasteiger partial charge in [-0.2, -0.15) is 0 Å². The highest BCUT2D eigenvalue weighted by Gasteiger charge is 2.30. The van der Waals surface area contributed by atoms with E-state index in [0.717, 1.165) is 0 Å². The molecule has 4 N–H and O–H groups in total. The summed E-state index contributed by atoms with van der Waals surface area (Å²) < 4.78 is 0. The molecule has 1 aromatic carbocycles. The molecule has 0 amide bonds. The summed E-state index contributed by atoms with van der Waals surface area (Å²) in [5.41, 5.74) is 5.17. The second-order valence-electron chi connectivity index (χ2n) is 3.58. The quantitative estimate of drug-likeness (QED) is 0.514. The SMILES string of the molecule is Cc1cccc(C(O)C(N)C(=O)O)c1[N+](=O)[O-]. The number of aliphatic hydroxyl groups excluding tert-OH is 1. The van der Waals surface area contributed by atoms with Crippen LogP contribution in [0.5, 0.6) is 0 Å². The minimum Gasteiger partial charge on any atom is -0.480 e. The van der Waals surface area contributed by atoms with E-state index in [9.17, 15) is 20.0 Å². The largest absolute Gasteiger partial charge is 0.480 e.